The summed E-state index contributed by atoms with van der Waals surface area (Å²) in [5, 5.41) is 3.24. The van der Waals surface area contributed by atoms with Gasteiger partial charge in [0.15, 0.2) is 0 Å². The number of carbonyl (C=O) groups is 2. The highest BCUT2D eigenvalue weighted by molar-refractivity contribution is 7.99. The van der Waals surface area contributed by atoms with E-state index in [1.54, 1.807) is 18.9 Å². The lowest BCUT2D eigenvalue weighted by Gasteiger charge is -2.32. The van der Waals surface area contributed by atoms with Crippen molar-refractivity contribution in [3.05, 3.63) is 65.7 Å². The maximum atomic E-state index is 13.4. The van der Waals surface area contributed by atoms with Crippen LogP contribution in [0.4, 0.5) is 0 Å². The van der Waals surface area contributed by atoms with Crippen LogP contribution in [0.3, 0.4) is 0 Å². The van der Waals surface area contributed by atoms with Crippen molar-refractivity contribution in [2.45, 2.75) is 69.7 Å². The van der Waals surface area contributed by atoms with Crippen LogP contribution in [0.1, 0.15) is 56.6 Å². The molecule has 0 spiro atoms. The van der Waals surface area contributed by atoms with E-state index in [2.05, 4.69) is 17.4 Å². The van der Waals surface area contributed by atoms with Crippen LogP contribution in [0, 0.1) is 0 Å². The van der Waals surface area contributed by atoms with Crippen molar-refractivity contribution in [3.8, 4) is 5.75 Å². The molecule has 1 N–H and O–H groups in total. The van der Waals surface area contributed by atoms with Crippen molar-refractivity contribution in [1.29, 1.82) is 0 Å². The molecule has 0 heterocycles. The molecule has 2 aromatic rings. The third kappa shape index (κ3) is 8.08. The minimum atomic E-state index is -0.431. The predicted molar refractivity (Wildman–Crippen MR) is 140 cm³/mol. The number of nitrogens with one attached hydrogen (secondary N) is 1. The highest BCUT2D eigenvalue weighted by Crippen LogP contribution is 2.20. The summed E-state index contributed by atoms with van der Waals surface area (Å²) in [6, 6.07) is 17.9. The molecule has 0 aliphatic heterocycles. The van der Waals surface area contributed by atoms with E-state index in [0.29, 0.717) is 18.7 Å². The minimum absolute atomic E-state index is 0.00374. The minimum Gasteiger partial charge on any atom is -0.497 e. The Morgan fingerprint density at radius 2 is 1.74 bits per heavy atom. The number of amides is 2. The molecule has 0 aromatic heterocycles. The van der Waals surface area contributed by atoms with Gasteiger partial charge in [-0.2, -0.15) is 0 Å². The summed E-state index contributed by atoms with van der Waals surface area (Å²) < 4.78 is 5.22. The van der Waals surface area contributed by atoms with E-state index in [1.807, 2.05) is 54.3 Å². The molecule has 6 heteroatoms. The fraction of sp³-hybridized carbons (Fsp3) is 0.500. The van der Waals surface area contributed by atoms with Gasteiger partial charge in [0.1, 0.15) is 11.8 Å². The SMILES string of the molecule is CC[C@@H](C(=O)NC1CCCCC1)N(CCc1ccccc1)C(=O)CSCc1ccc(OC)cc1. The molecule has 2 amide bonds. The topological polar surface area (TPSA) is 58.6 Å². The van der Waals surface area contributed by atoms with Gasteiger partial charge in [-0.1, -0.05) is 68.7 Å². The lowest BCUT2D eigenvalue weighted by molar-refractivity contribution is -0.139. The van der Waals surface area contributed by atoms with Crippen LogP contribution >= 0.6 is 11.8 Å². The summed E-state index contributed by atoms with van der Waals surface area (Å²) >= 11 is 1.59. The number of hydrogen-bond donors (Lipinski definition) is 1. The van der Waals surface area contributed by atoms with Gasteiger partial charge in [-0.3, -0.25) is 9.59 Å². The predicted octanol–water partition coefficient (Wildman–Crippen LogP) is 5.23. The molecule has 5 nitrogen and oxygen atoms in total. The maximum absolute atomic E-state index is 13.4. The van der Waals surface area contributed by atoms with Crippen LogP contribution in [0.25, 0.3) is 0 Å². The van der Waals surface area contributed by atoms with E-state index in [4.69, 9.17) is 4.74 Å². The van der Waals surface area contributed by atoms with Crippen LogP contribution in [0.5, 0.6) is 5.75 Å². The summed E-state index contributed by atoms with van der Waals surface area (Å²) in [4.78, 5) is 28.4. The first-order valence-electron chi connectivity index (χ1n) is 12.4. The molecule has 1 aliphatic rings. The number of ether oxygens (including phenoxy) is 1. The molecular formula is C28H38N2O3S. The number of carbonyl (C=O) groups excluding carboxylic acids is 2. The van der Waals surface area contributed by atoms with E-state index in [9.17, 15) is 9.59 Å². The fourth-order valence-electron chi connectivity index (χ4n) is 4.50. The maximum Gasteiger partial charge on any atom is 0.243 e. The molecule has 1 atom stereocenters. The summed E-state index contributed by atoms with van der Waals surface area (Å²) in [6.07, 6.45) is 7.01. The van der Waals surface area contributed by atoms with Gasteiger partial charge in [0, 0.05) is 18.3 Å². The molecule has 2 aromatic carbocycles. The third-order valence-electron chi connectivity index (χ3n) is 6.47. The summed E-state index contributed by atoms with van der Waals surface area (Å²) in [5.41, 5.74) is 2.32. The highest BCUT2D eigenvalue weighted by Gasteiger charge is 2.29. The average Bonchev–Trinajstić information content (AvgIpc) is 2.88. The van der Waals surface area contributed by atoms with Gasteiger partial charge in [0.25, 0.3) is 0 Å². The Balaban J connectivity index is 1.63. The lowest BCUT2D eigenvalue weighted by Crippen LogP contribution is -2.52. The van der Waals surface area contributed by atoms with Crippen LogP contribution < -0.4 is 10.1 Å². The van der Waals surface area contributed by atoms with E-state index in [-0.39, 0.29) is 17.9 Å². The largest absolute Gasteiger partial charge is 0.497 e. The molecule has 0 radical (unpaired) electrons. The van der Waals surface area contributed by atoms with Gasteiger partial charge in [0.2, 0.25) is 11.8 Å². The van der Waals surface area contributed by atoms with Gasteiger partial charge in [-0.25, -0.2) is 0 Å². The quantitative estimate of drug-likeness (QED) is 0.450. The van der Waals surface area contributed by atoms with Crippen molar-refractivity contribution in [1.82, 2.24) is 10.2 Å². The number of thioether (sulfide) groups is 1. The molecule has 0 saturated heterocycles. The first-order chi connectivity index (χ1) is 16.6. The van der Waals surface area contributed by atoms with Crippen molar-refractivity contribution >= 4 is 23.6 Å². The second kappa shape index (κ2) is 14.1. The molecule has 0 bridgehead atoms. The monoisotopic (exact) mass is 482 g/mol. The van der Waals surface area contributed by atoms with Crippen molar-refractivity contribution in [2.75, 3.05) is 19.4 Å². The Hall–Kier alpha value is -2.47. The Morgan fingerprint density at radius 1 is 1.03 bits per heavy atom. The van der Waals surface area contributed by atoms with Gasteiger partial charge in [0.05, 0.1) is 12.9 Å². The summed E-state index contributed by atoms with van der Waals surface area (Å²) in [5.74, 6) is 1.95. The van der Waals surface area contributed by atoms with E-state index in [0.717, 1.165) is 36.3 Å². The molecular weight excluding hydrogens is 444 g/mol. The van der Waals surface area contributed by atoms with Crippen LogP contribution in [0.15, 0.2) is 54.6 Å². The van der Waals surface area contributed by atoms with Crippen LogP contribution in [-0.4, -0.2) is 48.2 Å². The average molecular weight is 483 g/mol. The Morgan fingerprint density at radius 3 is 2.38 bits per heavy atom. The van der Waals surface area contributed by atoms with Crippen molar-refractivity contribution in [2.24, 2.45) is 0 Å². The first-order valence-corrected chi connectivity index (χ1v) is 13.6. The normalized spacial score (nSPS) is 14.9. The number of methoxy groups -OCH3 is 1. The van der Waals surface area contributed by atoms with Crippen LogP contribution in [0.2, 0.25) is 0 Å². The second-order valence-electron chi connectivity index (χ2n) is 8.93. The zero-order valence-electron chi connectivity index (χ0n) is 20.5. The fourth-order valence-corrected chi connectivity index (χ4v) is 5.37. The molecule has 0 unspecified atom stereocenters. The Labute approximate surface area is 208 Å². The summed E-state index contributed by atoms with van der Waals surface area (Å²) in [6.45, 7) is 2.54. The molecule has 1 saturated carbocycles. The summed E-state index contributed by atoms with van der Waals surface area (Å²) in [7, 11) is 1.65. The van der Waals surface area contributed by atoms with E-state index in [1.165, 1.54) is 24.8 Å². The Kier molecular flexibility index (Phi) is 10.8. The standard InChI is InChI=1S/C28H38N2O3S/c1-3-26(28(32)29-24-12-8-5-9-13-24)30(19-18-22-10-6-4-7-11-22)27(31)21-34-20-23-14-16-25(33-2)17-15-23/h4,6-7,10-11,14-17,24,26H,3,5,8-9,12-13,18-21H2,1-2H3,(H,29,32)/t26-/m0/s1. The van der Waals surface area contributed by atoms with Gasteiger partial charge in [-0.05, 0) is 48.9 Å². The van der Waals surface area contributed by atoms with Crippen LogP contribution in [-0.2, 0) is 21.8 Å². The number of hydrogen-bond acceptors (Lipinski definition) is 4. The zero-order chi connectivity index (χ0) is 24.2. The molecule has 184 valence electrons. The number of nitrogens with zero attached hydrogens (tertiary/aromatic N) is 1. The van der Waals surface area contributed by atoms with E-state index >= 15 is 0 Å². The number of benzene rings is 2. The molecule has 1 aliphatic carbocycles. The van der Waals surface area contributed by atoms with Crippen molar-refractivity contribution < 1.29 is 14.3 Å². The first kappa shape index (κ1) is 26.1. The lowest BCUT2D eigenvalue weighted by atomic mass is 9.95. The molecule has 1 fully saturated rings. The highest BCUT2D eigenvalue weighted by atomic mass is 32.2. The Bertz CT molecular complexity index is 882. The van der Waals surface area contributed by atoms with Gasteiger partial charge >= 0.3 is 0 Å². The van der Waals surface area contributed by atoms with Crippen molar-refractivity contribution in [3.63, 3.8) is 0 Å². The second-order valence-corrected chi connectivity index (χ2v) is 9.92. The third-order valence-corrected chi connectivity index (χ3v) is 7.46. The smallest absolute Gasteiger partial charge is 0.243 e. The molecule has 34 heavy (non-hydrogen) atoms. The van der Waals surface area contributed by atoms with Gasteiger partial charge in [-0.15, -0.1) is 11.8 Å². The van der Waals surface area contributed by atoms with Gasteiger partial charge < -0.3 is 15.0 Å². The molecule has 3 rings (SSSR count). The van der Waals surface area contributed by atoms with E-state index < -0.39 is 6.04 Å². The zero-order valence-corrected chi connectivity index (χ0v) is 21.3. The number of rotatable bonds is 12.